The van der Waals surface area contributed by atoms with E-state index < -0.39 is 6.10 Å². The second-order valence-electron chi connectivity index (χ2n) is 6.76. The van der Waals surface area contributed by atoms with E-state index in [0.717, 1.165) is 12.0 Å². The van der Waals surface area contributed by atoms with E-state index in [1.165, 1.54) is 16.7 Å². The Morgan fingerprint density at radius 3 is 1.86 bits per heavy atom. The van der Waals surface area contributed by atoms with Gasteiger partial charge in [0.2, 0.25) is 0 Å². The lowest BCUT2D eigenvalue weighted by molar-refractivity contribution is 0.178. The fourth-order valence-electron chi connectivity index (χ4n) is 2.46. The first-order valence-electron chi connectivity index (χ1n) is 7.76. The zero-order valence-corrected chi connectivity index (χ0v) is 13.6. The summed E-state index contributed by atoms with van der Waals surface area (Å²) >= 11 is 0. The molecule has 112 valence electrons. The normalized spacial score (nSPS) is 13.2. The molecule has 0 amide bonds. The third-order valence-electron chi connectivity index (χ3n) is 4.02. The number of aliphatic hydroxyl groups is 1. The molecule has 1 N–H and O–H groups in total. The average Bonchev–Trinajstić information content (AvgIpc) is 2.47. The van der Waals surface area contributed by atoms with Gasteiger partial charge in [0.25, 0.3) is 0 Å². The molecule has 0 aromatic heterocycles. The van der Waals surface area contributed by atoms with Crippen LogP contribution < -0.4 is 0 Å². The molecule has 1 atom stereocenters. The van der Waals surface area contributed by atoms with Gasteiger partial charge in [0.05, 0.1) is 6.10 Å². The first-order chi connectivity index (χ1) is 9.90. The van der Waals surface area contributed by atoms with Crippen LogP contribution in [0.5, 0.6) is 0 Å². The Bertz CT molecular complexity index is 558. The third-order valence-corrected chi connectivity index (χ3v) is 4.02. The molecule has 0 bridgehead atoms. The lowest BCUT2D eigenvalue weighted by Gasteiger charge is -2.20. The van der Waals surface area contributed by atoms with E-state index in [2.05, 4.69) is 64.1 Å². The SMILES string of the molecule is CCc1ccc(CC(O)c2ccc(C(C)(C)C)cc2)cc1. The van der Waals surface area contributed by atoms with Gasteiger partial charge in [0.15, 0.2) is 0 Å². The first kappa shape index (κ1) is 15.8. The first-order valence-corrected chi connectivity index (χ1v) is 7.76. The van der Waals surface area contributed by atoms with E-state index in [0.29, 0.717) is 6.42 Å². The second kappa shape index (κ2) is 6.44. The highest BCUT2D eigenvalue weighted by molar-refractivity contribution is 5.30. The summed E-state index contributed by atoms with van der Waals surface area (Å²) in [5, 5.41) is 10.4. The monoisotopic (exact) mass is 282 g/mol. The number of benzene rings is 2. The van der Waals surface area contributed by atoms with Crippen molar-refractivity contribution in [1.29, 1.82) is 0 Å². The van der Waals surface area contributed by atoms with E-state index in [9.17, 15) is 5.11 Å². The summed E-state index contributed by atoms with van der Waals surface area (Å²) in [5.74, 6) is 0. The van der Waals surface area contributed by atoms with Crippen LogP contribution >= 0.6 is 0 Å². The number of rotatable bonds is 4. The van der Waals surface area contributed by atoms with E-state index in [4.69, 9.17) is 0 Å². The molecule has 0 spiro atoms. The van der Waals surface area contributed by atoms with Crippen molar-refractivity contribution in [2.24, 2.45) is 0 Å². The average molecular weight is 282 g/mol. The zero-order chi connectivity index (χ0) is 15.5. The van der Waals surface area contributed by atoms with Gasteiger partial charge < -0.3 is 5.11 Å². The molecule has 0 aliphatic rings. The van der Waals surface area contributed by atoms with Crippen LogP contribution in [0.1, 0.15) is 56.1 Å². The molecular formula is C20H26O. The molecule has 0 radical (unpaired) electrons. The Kier molecular flexibility index (Phi) is 4.84. The number of hydrogen-bond acceptors (Lipinski definition) is 1. The quantitative estimate of drug-likeness (QED) is 0.852. The number of aryl methyl sites for hydroxylation is 1. The summed E-state index contributed by atoms with van der Waals surface area (Å²) in [6.07, 6.45) is 1.28. The molecule has 0 aliphatic heterocycles. The van der Waals surface area contributed by atoms with Gasteiger partial charge >= 0.3 is 0 Å². The van der Waals surface area contributed by atoms with Gasteiger partial charge in [-0.15, -0.1) is 0 Å². The molecule has 0 saturated carbocycles. The highest BCUT2D eigenvalue weighted by atomic mass is 16.3. The minimum Gasteiger partial charge on any atom is -0.388 e. The van der Waals surface area contributed by atoms with Gasteiger partial charge in [-0.25, -0.2) is 0 Å². The van der Waals surface area contributed by atoms with Gasteiger partial charge in [-0.2, -0.15) is 0 Å². The topological polar surface area (TPSA) is 20.2 Å². The molecule has 2 aromatic rings. The third kappa shape index (κ3) is 4.18. The van der Waals surface area contributed by atoms with Crippen LogP contribution in [0.2, 0.25) is 0 Å². The Morgan fingerprint density at radius 1 is 0.857 bits per heavy atom. The molecule has 2 rings (SSSR count). The lowest BCUT2D eigenvalue weighted by Crippen LogP contribution is -2.11. The van der Waals surface area contributed by atoms with Crippen molar-refractivity contribution in [3.8, 4) is 0 Å². The predicted octanol–water partition coefficient (Wildman–Crippen LogP) is 4.82. The number of hydrogen-bond donors (Lipinski definition) is 1. The summed E-state index contributed by atoms with van der Waals surface area (Å²) in [7, 11) is 0. The van der Waals surface area contributed by atoms with E-state index in [1.807, 2.05) is 12.1 Å². The van der Waals surface area contributed by atoms with Crippen LogP contribution in [-0.4, -0.2) is 5.11 Å². The summed E-state index contributed by atoms with van der Waals surface area (Å²) in [5.41, 5.74) is 4.95. The fourth-order valence-corrected chi connectivity index (χ4v) is 2.46. The minimum absolute atomic E-state index is 0.152. The van der Waals surface area contributed by atoms with Crippen molar-refractivity contribution in [2.75, 3.05) is 0 Å². The van der Waals surface area contributed by atoms with Crippen molar-refractivity contribution in [3.05, 3.63) is 70.8 Å². The molecule has 0 aliphatic carbocycles. The van der Waals surface area contributed by atoms with Gasteiger partial charge in [-0.05, 0) is 34.1 Å². The van der Waals surface area contributed by atoms with E-state index in [-0.39, 0.29) is 5.41 Å². The maximum atomic E-state index is 10.4. The summed E-state index contributed by atoms with van der Waals surface area (Å²) in [6.45, 7) is 8.76. The highest BCUT2D eigenvalue weighted by Crippen LogP contribution is 2.25. The molecule has 0 fully saturated rings. The van der Waals surface area contributed by atoms with Crippen molar-refractivity contribution < 1.29 is 5.11 Å². The van der Waals surface area contributed by atoms with Crippen molar-refractivity contribution in [1.82, 2.24) is 0 Å². The maximum Gasteiger partial charge on any atom is 0.0830 e. The molecule has 0 saturated heterocycles. The van der Waals surface area contributed by atoms with Gasteiger partial charge in [-0.3, -0.25) is 0 Å². The molecule has 1 heteroatoms. The highest BCUT2D eigenvalue weighted by Gasteiger charge is 2.14. The standard InChI is InChI=1S/C20H26O/c1-5-15-6-8-16(9-7-15)14-19(21)17-10-12-18(13-11-17)20(2,3)4/h6-13,19,21H,5,14H2,1-4H3. The molecular weight excluding hydrogens is 256 g/mol. The summed E-state index contributed by atoms with van der Waals surface area (Å²) < 4.78 is 0. The summed E-state index contributed by atoms with van der Waals surface area (Å²) in [6, 6.07) is 16.9. The van der Waals surface area contributed by atoms with Crippen molar-refractivity contribution in [2.45, 2.75) is 52.1 Å². The van der Waals surface area contributed by atoms with Crippen molar-refractivity contribution in [3.63, 3.8) is 0 Å². The maximum absolute atomic E-state index is 10.4. The predicted molar refractivity (Wildman–Crippen MR) is 89.6 cm³/mol. The molecule has 21 heavy (non-hydrogen) atoms. The fraction of sp³-hybridized carbons (Fsp3) is 0.400. The Balaban J connectivity index is 2.07. The van der Waals surface area contributed by atoms with Crippen LogP contribution in [0.4, 0.5) is 0 Å². The van der Waals surface area contributed by atoms with Gasteiger partial charge in [0, 0.05) is 6.42 Å². The molecule has 0 heterocycles. The minimum atomic E-state index is -0.438. The van der Waals surface area contributed by atoms with Crippen LogP contribution in [0, 0.1) is 0 Å². The van der Waals surface area contributed by atoms with Crippen LogP contribution in [0.15, 0.2) is 48.5 Å². The van der Waals surface area contributed by atoms with Crippen LogP contribution in [0.25, 0.3) is 0 Å². The van der Waals surface area contributed by atoms with E-state index >= 15 is 0 Å². The zero-order valence-electron chi connectivity index (χ0n) is 13.6. The van der Waals surface area contributed by atoms with Crippen molar-refractivity contribution >= 4 is 0 Å². The second-order valence-corrected chi connectivity index (χ2v) is 6.76. The van der Waals surface area contributed by atoms with Gasteiger partial charge in [0.1, 0.15) is 0 Å². The summed E-state index contributed by atoms with van der Waals surface area (Å²) in [4.78, 5) is 0. The molecule has 1 unspecified atom stereocenters. The van der Waals surface area contributed by atoms with Crippen LogP contribution in [-0.2, 0) is 18.3 Å². The number of aliphatic hydroxyl groups excluding tert-OH is 1. The smallest absolute Gasteiger partial charge is 0.0830 e. The van der Waals surface area contributed by atoms with E-state index in [1.54, 1.807) is 0 Å². The van der Waals surface area contributed by atoms with Crippen LogP contribution in [0.3, 0.4) is 0 Å². The Morgan fingerprint density at radius 2 is 1.38 bits per heavy atom. The largest absolute Gasteiger partial charge is 0.388 e. The molecule has 1 nitrogen and oxygen atoms in total. The Labute approximate surface area is 128 Å². The van der Waals surface area contributed by atoms with Gasteiger partial charge in [-0.1, -0.05) is 76.2 Å². The Hall–Kier alpha value is -1.60. The lowest BCUT2D eigenvalue weighted by atomic mass is 9.86. The molecule has 2 aromatic carbocycles.